The highest BCUT2D eigenvalue weighted by Crippen LogP contribution is 2.28. The quantitative estimate of drug-likeness (QED) is 0.926. The molecule has 4 heteroatoms. The lowest BCUT2D eigenvalue weighted by Crippen LogP contribution is -2.46. The molecule has 19 heavy (non-hydrogen) atoms. The zero-order chi connectivity index (χ0) is 14.0. The van der Waals surface area contributed by atoms with Gasteiger partial charge in [0.1, 0.15) is 0 Å². The number of rotatable bonds is 3. The molecule has 0 saturated carbocycles. The second-order valence-corrected chi connectivity index (χ2v) is 6.05. The van der Waals surface area contributed by atoms with Crippen molar-refractivity contribution in [1.29, 1.82) is 0 Å². The maximum atomic E-state index is 6.11. The van der Waals surface area contributed by atoms with E-state index in [0.29, 0.717) is 0 Å². The molecule has 3 atom stereocenters. The average molecular weight is 283 g/mol. The molecule has 1 aliphatic heterocycles. The standard InChI is InChI=1S/C15H23ClN2O/c1-10(17)6-13-7-14(16)4-5-15(13)18-8-11(2)19-12(3)9-18/h4-5,7,10-12H,6,8-9,17H2,1-3H3. The maximum Gasteiger partial charge on any atom is 0.0726 e. The first-order chi connectivity index (χ1) is 8.95. The summed E-state index contributed by atoms with van der Waals surface area (Å²) in [7, 11) is 0. The Balaban J connectivity index is 2.27. The number of nitrogens with zero attached hydrogens (tertiary/aromatic N) is 1. The first-order valence-corrected chi connectivity index (χ1v) is 7.28. The summed E-state index contributed by atoms with van der Waals surface area (Å²) in [6, 6.07) is 6.22. The topological polar surface area (TPSA) is 38.5 Å². The van der Waals surface area contributed by atoms with Crippen molar-refractivity contribution in [2.45, 2.75) is 45.4 Å². The van der Waals surface area contributed by atoms with Gasteiger partial charge < -0.3 is 15.4 Å². The van der Waals surface area contributed by atoms with Crippen LogP contribution >= 0.6 is 11.6 Å². The third-order valence-corrected chi connectivity index (χ3v) is 3.58. The van der Waals surface area contributed by atoms with Gasteiger partial charge in [-0.05, 0) is 51.0 Å². The molecule has 1 saturated heterocycles. The Labute approximate surface area is 120 Å². The molecule has 1 fully saturated rings. The fraction of sp³-hybridized carbons (Fsp3) is 0.600. The van der Waals surface area contributed by atoms with Crippen molar-refractivity contribution in [2.24, 2.45) is 5.73 Å². The van der Waals surface area contributed by atoms with Gasteiger partial charge in [0.25, 0.3) is 0 Å². The van der Waals surface area contributed by atoms with Crippen molar-refractivity contribution < 1.29 is 4.74 Å². The molecule has 0 aliphatic carbocycles. The SMILES string of the molecule is CC(N)Cc1cc(Cl)ccc1N1CC(C)OC(C)C1. The minimum atomic E-state index is 0.133. The zero-order valence-corrected chi connectivity index (χ0v) is 12.7. The number of hydrogen-bond donors (Lipinski definition) is 1. The van der Waals surface area contributed by atoms with E-state index in [2.05, 4.69) is 24.8 Å². The van der Waals surface area contributed by atoms with Crippen molar-refractivity contribution in [3.05, 3.63) is 28.8 Å². The largest absolute Gasteiger partial charge is 0.372 e. The van der Waals surface area contributed by atoms with E-state index in [9.17, 15) is 0 Å². The van der Waals surface area contributed by atoms with Crippen LogP contribution in [0.5, 0.6) is 0 Å². The fourth-order valence-electron chi connectivity index (χ4n) is 2.75. The smallest absolute Gasteiger partial charge is 0.0726 e. The summed E-state index contributed by atoms with van der Waals surface area (Å²) in [5.74, 6) is 0. The maximum absolute atomic E-state index is 6.11. The molecule has 1 heterocycles. The Kier molecular flexibility index (Phi) is 4.71. The van der Waals surface area contributed by atoms with E-state index >= 15 is 0 Å². The molecule has 3 nitrogen and oxygen atoms in total. The lowest BCUT2D eigenvalue weighted by Gasteiger charge is -2.38. The lowest BCUT2D eigenvalue weighted by molar-refractivity contribution is -0.00526. The highest BCUT2D eigenvalue weighted by molar-refractivity contribution is 6.30. The predicted molar refractivity (Wildman–Crippen MR) is 81.0 cm³/mol. The van der Waals surface area contributed by atoms with Gasteiger partial charge in [-0.3, -0.25) is 0 Å². The highest BCUT2D eigenvalue weighted by atomic mass is 35.5. The average Bonchev–Trinajstić information content (AvgIpc) is 2.26. The van der Waals surface area contributed by atoms with E-state index < -0.39 is 0 Å². The van der Waals surface area contributed by atoms with E-state index in [0.717, 1.165) is 24.5 Å². The van der Waals surface area contributed by atoms with Crippen LogP contribution in [0.2, 0.25) is 5.02 Å². The first-order valence-electron chi connectivity index (χ1n) is 6.90. The van der Waals surface area contributed by atoms with E-state index in [4.69, 9.17) is 22.1 Å². The second-order valence-electron chi connectivity index (χ2n) is 5.62. The number of hydrogen-bond acceptors (Lipinski definition) is 3. The molecule has 2 N–H and O–H groups in total. The van der Waals surface area contributed by atoms with Gasteiger partial charge in [0, 0.05) is 29.8 Å². The number of morpholine rings is 1. The first kappa shape index (κ1) is 14.6. The minimum absolute atomic E-state index is 0.133. The molecule has 2 rings (SSSR count). The summed E-state index contributed by atoms with van der Waals surface area (Å²) < 4.78 is 5.79. The van der Waals surface area contributed by atoms with Crippen LogP contribution in [0.4, 0.5) is 5.69 Å². The Morgan fingerprint density at radius 2 is 2.00 bits per heavy atom. The monoisotopic (exact) mass is 282 g/mol. The van der Waals surface area contributed by atoms with Crippen LogP contribution in [0.15, 0.2) is 18.2 Å². The zero-order valence-electron chi connectivity index (χ0n) is 11.9. The number of ether oxygens (including phenoxy) is 1. The molecule has 0 radical (unpaired) electrons. The van der Waals surface area contributed by atoms with Crippen LogP contribution in [0.25, 0.3) is 0 Å². The molecular weight excluding hydrogens is 260 g/mol. The Bertz CT molecular complexity index is 426. The van der Waals surface area contributed by atoms with Crippen molar-refractivity contribution in [2.75, 3.05) is 18.0 Å². The van der Waals surface area contributed by atoms with Crippen molar-refractivity contribution in [3.63, 3.8) is 0 Å². The van der Waals surface area contributed by atoms with Crippen LogP contribution in [-0.4, -0.2) is 31.3 Å². The van der Waals surface area contributed by atoms with Gasteiger partial charge in [0.2, 0.25) is 0 Å². The van der Waals surface area contributed by atoms with Crippen LogP contribution in [-0.2, 0) is 11.2 Å². The van der Waals surface area contributed by atoms with Crippen molar-refractivity contribution in [1.82, 2.24) is 0 Å². The summed E-state index contributed by atoms with van der Waals surface area (Å²) in [6.07, 6.45) is 1.35. The highest BCUT2D eigenvalue weighted by Gasteiger charge is 2.24. The summed E-state index contributed by atoms with van der Waals surface area (Å²) in [6.45, 7) is 8.08. The van der Waals surface area contributed by atoms with E-state index in [1.165, 1.54) is 11.3 Å². The molecule has 0 aromatic heterocycles. The molecule has 0 bridgehead atoms. The van der Waals surface area contributed by atoms with Gasteiger partial charge in [-0.2, -0.15) is 0 Å². The molecule has 0 amide bonds. The summed E-state index contributed by atoms with van der Waals surface area (Å²) >= 11 is 6.11. The molecule has 1 aliphatic rings. The molecular formula is C15H23ClN2O. The summed E-state index contributed by atoms with van der Waals surface area (Å²) in [5, 5.41) is 0.772. The van der Waals surface area contributed by atoms with Gasteiger partial charge in [-0.15, -0.1) is 0 Å². The van der Waals surface area contributed by atoms with Crippen LogP contribution in [0, 0.1) is 0 Å². The van der Waals surface area contributed by atoms with Gasteiger partial charge in [0.15, 0.2) is 0 Å². The lowest BCUT2D eigenvalue weighted by atomic mass is 10.0. The molecule has 0 spiro atoms. The molecule has 106 valence electrons. The van der Waals surface area contributed by atoms with Gasteiger partial charge in [-0.1, -0.05) is 11.6 Å². The van der Waals surface area contributed by atoms with E-state index in [-0.39, 0.29) is 18.2 Å². The normalized spacial score (nSPS) is 25.4. The van der Waals surface area contributed by atoms with Crippen molar-refractivity contribution in [3.8, 4) is 0 Å². The number of anilines is 1. The summed E-state index contributed by atoms with van der Waals surface area (Å²) in [5.41, 5.74) is 8.41. The Morgan fingerprint density at radius 1 is 1.37 bits per heavy atom. The third kappa shape index (κ3) is 3.85. The van der Waals surface area contributed by atoms with Crippen molar-refractivity contribution >= 4 is 17.3 Å². The molecule has 1 aromatic rings. The van der Waals surface area contributed by atoms with Crippen LogP contribution in [0.3, 0.4) is 0 Å². The third-order valence-electron chi connectivity index (χ3n) is 3.34. The predicted octanol–water partition coefficient (Wildman–Crippen LogP) is 2.84. The molecule has 1 aromatic carbocycles. The van der Waals surface area contributed by atoms with Crippen LogP contribution in [0.1, 0.15) is 26.3 Å². The number of nitrogens with two attached hydrogens (primary N) is 1. The molecule has 3 unspecified atom stereocenters. The Hall–Kier alpha value is -0.770. The van der Waals surface area contributed by atoms with Gasteiger partial charge in [-0.25, -0.2) is 0 Å². The van der Waals surface area contributed by atoms with E-state index in [1.54, 1.807) is 0 Å². The fourth-order valence-corrected chi connectivity index (χ4v) is 2.94. The Morgan fingerprint density at radius 3 is 2.58 bits per heavy atom. The van der Waals surface area contributed by atoms with Crippen LogP contribution < -0.4 is 10.6 Å². The summed E-state index contributed by atoms with van der Waals surface area (Å²) in [4.78, 5) is 2.38. The van der Waals surface area contributed by atoms with Gasteiger partial charge >= 0.3 is 0 Å². The number of benzene rings is 1. The van der Waals surface area contributed by atoms with E-state index in [1.807, 2.05) is 19.1 Å². The minimum Gasteiger partial charge on any atom is -0.372 e. The number of halogens is 1. The second kappa shape index (κ2) is 6.12. The van der Waals surface area contributed by atoms with Gasteiger partial charge in [0.05, 0.1) is 12.2 Å².